The van der Waals surface area contributed by atoms with E-state index in [-0.39, 0.29) is 40.9 Å². The van der Waals surface area contributed by atoms with Gasteiger partial charge in [0, 0.05) is 67.6 Å². The number of nitrogens with zero attached hydrogens (tertiary/aromatic N) is 5. The van der Waals surface area contributed by atoms with Gasteiger partial charge in [0.1, 0.15) is 11.3 Å². The Balaban J connectivity index is 1.00. The molecule has 0 spiro atoms. The van der Waals surface area contributed by atoms with E-state index in [1.807, 2.05) is 24.3 Å². The van der Waals surface area contributed by atoms with E-state index in [0.717, 1.165) is 56.0 Å². The normalized spacial score (nSPS) is 19.8. The van der Waals surface area contributed by atoms with E-state index in [0.29, 0.717) is 55.0 Å². The molecule has 3 N–H and O–H groups in total. The molecule has 2 amide bonds. The van der Waals surface area contributed by atoms with Gasteiger partial charge < -0.3 is 24.7 Å². The number of halogens is 1. The maximum absolute atomic E-state index is 14.6. The molecule has 0 radical (unpaired) electrons. The van der Waals surface area contributed by atoms with E-state index in [1.54, 1.807) is 32.2 Å². The number of aromatic amines is 1. The van der Waals surface area contributed by atoms with Gasteiger partial charge in [0.2, 0.25) is 5.91 Å². The van der Waals surface area contributed by atoms with Crippen molar-refractivity contribution in [3.8, 4) is 0 Å². The zero-order valence-corrected chi connectivity index (χ0v) is 38.9. The third-order valence-corrected chi connectivity index (χ3v) is 14.8. The van der Waals surface area contributed by atoms with Crippen LogP contribution >= 0.6 is 11.6 Å². The van der Waals surface area contributed by atoms with Gasteiger partial charge in [-0.1, -0.05) is 43.2 Å². The molecule has 18 heteroatoms. The zero-order valence-electron chi connectivity index (χ0n) is 37.4. The largest absolute Gasteiger partial charge is 0.377 e. The number of carbonyl (C=O) groups excluding carboxylic acids is 2. The minimum absolute atomic E-state index is 0.0786. The average molecular weight is 938 g/mol. The standard InChI is InChI=1S/C48H53ClN8O8S/c1-47(2)15-13-32(38(26-47)30-5-7-33(49)8-6-30)28-54-17-19-55(20-18-54)34-9-11-37(40(24-34)56-42-23-31-14-16-50-44(31)52-43(42)48(3,4)46(56)59)45(58)53-66(62,63)36-10-12-39(41(25-36)57(60)61)51-27-35-29-64-21-22-65-35/h5-12,14,16,23-25,35,51H,13,15,17-22,26-29H2,1-4H3,(H,50,52)(H,53,58)/t35-/m0/s1. The molecule has 4 aliphatic rings. The van der Waals surface area contributed by atoms with Gasteiger partial charge >= 0.3 is 0 Å². The summed E-state index contributed by atoms with van der Waals surface area (Å²) in [5, 5.41) is 16.6. The van der Waals surface area contributed by atoms with Crippen molar-refractivity contribution in [2.45, 2.75) is 63.4 Å². The van der Waals surface area contributed by atoms with E-state index < -0.39 is 36.9 Å². The Bertz CT molecular complexity index is 2870. The molecule has 5 aromatic rings. The van der Waals surface area contributed by atoms with Gasteiger partial charge in [0.15, 0.2) is 0 Å². The highest BCUT2D eigenvalue weighted by atomic mass is 35.5. The zero-order chi connectivity index (χ0) is 46.5. The maximum Gasteiger partial charge on any atom is 0.293 e. The number of sulfonamides is 1. The lowest BCUT2D eigenvalue weighted by Gasteiger charge is -2.39. The van der Waals surface area contributed by atoms with Crippen LogP contribution in [0.1, 0.15) is 68.6 Å². The van der Waals surface area contributed by atoms with Crippen molar-refractivity contribution in [3.05, 3.63) is 117 Å². The highest BCUT2D eigenvalue weighted by Crippen LogP contribution is 2.48. The number of H-pyrrole nitrogens is 1. The molecule has 5 heterocycles. The topological polar surface area (TPSA) is 192 Å². The second-order valence-electron chi connectivity index (χ2n) is 18.8. The van der Waals surface area contributed by atoms with Crippen molar-refractivity contribution < 1.29 is 32.4 Å². The number of anilines is 4. The highest BCUT2D eigenvalue weighted by Gasteiger charge is 2.47. The van der Waals surface area contributed by atoms with Crippen LogP contribution in [0.4, 0.5) is 28.4 Å². The minimum Gasteiger partial charge on any atom is -0.377 e. The molecule has 3 aliphatic heterocycles. The number of pyridine rings is 1. The number of amides is 2. The van der Waals surface area contributed by atoms with Crippen LogP contribution in [0, 0.1) is 15.5 Å². The Hall–Kier alpha value is -5.85. The summed E-state index contributed by atoms with van der Waals surface area (Å²) in [6.45, 7) is 13.3. The number of hydrogen-bond acceptors (Lipinski definition) is 12. The number of carbonyl (C=O) groups is 2. The van der Waals surface area contributed by atoms with Crippen LogP contribution in [0.2, 0.25) is 5.02 Å². The summed E-state index contributed by atoms with van der Waals surface area (Å²) in [7, 11) is -4.68. The molecular weight excluding hydrogens is 884 g/mol. The predicted molar refractivity (Wildman–Crippen MR) is 254 cm³/mol. The number of allylic oxidation sites excluding steroid dienone is 1. The Morgan fingerprint density at radius 2 is 1.76 bits per heavy atom. The lowest BCUT2D eigenvalue weighted by atomic mass is 9.72. The molecule has 346 valence electrons. The summed E-state index contributed by atoms with van der Waals surface area (Å²) in [4.78, 5) is 54.0. The number of piperazine rings is 1. The summed E-state index contributed by atoms with van der Waals surface area (Å²) < 4.78 is 41.0. The fourth-order valence-corrected chi connectivity index (χ4v) is 10.5. The number of aromatic nitrogens is 2. The lowest BCUT2D eigenvalue weighted by Crippen LogP contribution is -2.47. The van der Waals surface area contributed by atoms with Crippen molar-refractivity contribution in [1.29, 1.82) is 0 Å². The summed E-state index contributed by atoms with van der Waals surface area (Å²) in [6, 6.07) is 20.2. The molecule has 2 aromatic heterocycles. The average Bonchev–Trinajstić information content (AvgIpc) is 3.84. The first-order valence-electron chi connectivity index (χ1n) is 22.2. The third kappa shape index (κ3) is 9.01. The molecule has 16 nitrogen and oxygen atoms in total. The van der Waals surface area contributed by atoms with Crippen LogP contribution in [0.15, 0.2) is 89.5 Å². The Labute approximate surface area is 388 Å². The second kappa shape index (κ2) is 17.8. The van der Waals surface area contributed by atoms with E-state index in [1.165, 1.54) is 39.8 Å². The number of hydrogen-bond donors (Lipinski definition) is 3. The van der Waals surface area contributed by atoms with Gasteiger partial charge in [0.05, 0.1) is 63.8 Å². The number of fused-ring (bicyclic) bond motifs is 2. The van der Waals surface area contributed by atoms with Gasteiger partial charge in [-0.15, -0.1) is 0 Å². The van der Waals surface area contributed by atoms with Crippen molar-refractivity contribution >= 4 is 78.5 Å². The van der Waals surface area contributed by atoms with Crippen molar-refractivity contribution in [1.82, 2.24) is 19.6 Å². The number of ether oxygens (including phenoxy) is 2. The summed E-state index contributed by atoms with van der Waals surface area (Å²) in [5.41, 5.74) is 5.14. The first kappa shape index (κ1) is 45.3. The molecule has 2 fully saturated rings. The first-order chi connectivity index (χ1) is 31.5. The number of rotatable bonds is 12. The number of benzene rings is 3. The van der Waals surface area contributed by atoms with Gasteiger partial charge in [-0.25, -0.2) is 18.1 Å². The van der Waals surface area contributed by atoms with Crippen LogP contribution in [-0.2, 0) is 29.7 Å². The molecule has 0 unspecified atom stereocenters. The van der Waals surface area contributed by atoms with Crippen LogP contribution < -0.4 is 19.8 Å². The van der Waals surface area contributed by atoms with Crippen LogP contribution in [0.25, 0.3) is 16.6 Å². The highest BCUT2D eigenvalue weighted by molar-refractivity contribution is 7.90. The molecule has 9 rings (SSSR count). The molecule has 0 saturated carbocycles. The minimum atomic E-state index is -4.68. The van der Waals surface area contributed by atoms with Crippen molar-refractivity contribution in [2.75, 3.05) is 74.2 Å². The fraction of sp³-hybridized carbons (Fsp3) is 0.396. The van der Waals surface area contributed by atoms with Crippen molar-refractivity contribution in [2.24, 2.45) is 5.41 Å². The smallest absolute Gasteiger partial charge is 0.293 e. The van der Waals surface area contributed by atoms with Gasteiger partial charge in [0.25, 0.3) is 21.6 Å². The monoisotopic (exact) mass is 936 g/mol. The van der Waals surface area contributed by atoms with E-state index in [2.05, 4.69) is 50.8 Å². The fourth-order valence-electron chi connectivity index (χ4n) is 9.42. The SMILES string of the molecule is CC1(C)CCC(CN2CCN(c3ccc(C(=O)NS(=O)(=O)c4ccc(NC[C@H]5COCCO5)c([N+](=O)[O-])c4)c(N4C(=O)C(C)(C)c5nc6[nH]ccc6cc54)c3)CC2)=C(c2ccc(Cl)cc2)C1. The third-order valence-electron chi connectivity index (χ3n) is 13.2. The van der Waals surface area contributed by atoms with E-state index in [9.17, 15) is 28.1 Å². The van der Waals surface area contributed by atoms with Crippen molar-refractivity contribution in [3.63, 3.8) is 0 Å². The Morgan fingerprint density at radius 3 is 2.48 bits per heavy atom. The molecular formula is C48H53ClN8O8S. The summed E-state index contributed by atoms with van der Waals surface area (Å²) >= 11 is 6.26. The molecule has 1 aliphatic carbocycles. The van der Waals surface area contributed by atoms with Crippen LogP contribution in [0.3, 0.4) is 0 Å². The van der Waals surface area contributed by atoms with Gasteiger partial charge in [-0.2, -0.15) is 0 Å². The van der Waals surface area contributed by atoms with Crippen LogP contribution in [0.5, 0.6) is 0 Å². The quantitative estimate of drug-likeness (QED) is 0.0813. The predicted octanol–water partition coefficient (Wildman–Crippen LogP) is 7.81. The Morgan fingerprint density at radius 1 is 0.985 bits per heavy atom. The van der Waals surface area contributed by atoms with Crippen LogP contribution in [-0.4, -0.2) is 105 Å². The molecule has 1 atom stereocenters. The Kier molecular flexibility index (Phi) is 12.2. The number of nitrogens with one attached hydrogen (secondary N) is 3. The molecule has 2 saturated heterocycles. The second-order valence-corrected chi connectivity index (χ2v) is 20.9. The van der Waals surface area contributed by atoms with E-state index in [4.69, 9.17) is 26.1 Å². The first-order valence-corrected chi connectivity index (χ1v) is 24.0. The van der Waals surface area contributed by atoms with E-state index >= 15 is 0 Å². The number of nitro benzene ring substituents is 1. The molecule has 3 aromatic carbocycles. The van der Waals surface area contributed by atoms with Gasteiger partial charge in [-0.3, -0.25) is 29.5 Å². The molecule has 66 heavy (non-hydrogen) atoms. The van der Waals surface area contributed by atoms with Gasteiger partial charge in [-0.05, 0) is 104 Å². The number of nitro groups is 1. The lowest BCUT2D eigenvalue weighted by molar-refractivity contribution is -0.384. The summed E-state index contributed by atoms with van der Waals surface area (Å²) in [6.07, 6.45) is 4.53. The maximum atomic E-state index is 14.6. The summed E-state index contributed by atoms with van der Waals surface area (Å²) in [5.74, 6) is -1.36. The molecule has 0 bridgehead atoms.